The Balaban J connectivity index is 2.50. The number of nitrogens with zero attached hydrogens (tertiary/aromatic N) is 3. The molecular formula is C9H18N4O. The van der Waals surface area contributed by atoms with Gasteiger partial charge >= 0.3 is 0 Å². The van der Waals surface area contributed by atoms with Crippen molar-refractivity contribution >= 4 is 0 Å². The zero-order valence-electron chi connectivity index (χ0n) is 9.03. The predicted molar refractivity (Wildman–Crippen MR) is 53.7 cm³/mol. The van der Waals surface area contributed by atoms with Crippen LogP contribution in [0.5, 0.6) is 0 Å². The van der Waals surface area contributed by atoms with Gasteiger partial charge in [-0.25, -0.2) is 0 Å². The highest BCUT2D eigenvalue weighted by Crippen LogP contribution is 2.03. The van der Waals surface area contributed by atoms with Crippen molar-refractivity contribution in [2.24, 2.45) is 5.73 Å². The highest BCUT2D eigenvalue weighted by atomic mass is 16.5. The largest absolute Gasteiger partial charge is 0.339 e. The summed E-state index contributed by atoms with van der Waals surface area (Å²) in [7, 11) is 3.93. The normalized spacial score (nSPS) is 13.5. The molecule has 0 aliphatic rings. The summed E-state index contributed by atoms with van der Waals surface area (Å²) >= 11 is 0. The van der Waals surface area contributed by atoms with Gasteiger partial charge in [0.25, 0.3) is 0 Å². The van der Waals surface area contributed by atoms with Crippen LogP contribution in [0.1, 0.15) is 25.1 Å². The fraction of sp³-hybridized carbons (Fsp3) is 0.778. The highest BCUT2D eigenvalue weighted by Gasteiger charge is 2.09. The average molecular weight is 198 g/mol. The van der Waals surface area contributed by atoms with E-state index in [1.54, 1.807) is 0 Å². The van der Waals surface area contributed by atoms with Crippen molar-refractivity contribution in [2.75, 3.05) is 14.1 Å². The molecule has 5 nitrogen and oxygen atoms in total. The Morgan fingerprint density at radius 2 is 2.21 bits per heavy atom. The second-order valence-electron chi connectivity index (χ2n) is 3.71. The Morgan fingerprint density at radius 3 is 2.79 bits per heavy atom. The van der Waals surface area contributed by atoms with Crippen molar-refractivity contribution in [3.05, 3.63) is 11.7 Å². The van der Waals surface area contributed by atoms with Crippen molar-refractivity contribution in [1.82, 2.24) is 15.0 Å². The highest BCUT2D eigenvalue weighted by molar-refractivity contribution is 4.88. The van der Waals surface area contributed by atoms with Crippen LogP contribution in [0.4, 0.5) is 0 Å². The molecule has 0 amide bonds. The maximum Gasteiger partial charge on any atom is 0.228 e. The minimum absolute atomic E-state index is 0.114. The van der Waals surface area contributed by atoms with Gasteiger partial charge in [-0.2, -0.15) is 4.98 Å². The second-order valence-corrected chi connectivity index (χ2v) is 3.71. The molecule has 2 N–H and O–H groups in total. The minimum Gasteiger partial charge on any atom is -0.339 e. The average Bonchev–Trinajstić information content (AvgIpc) is 2.51. The first-order valence-corrected chi connectivity index (χ1v) is 4.83. The molecule has 1 aromatic heterocycles. The van der Waals surface area contributed by atoms with Crippen LogP contribution in [0.3, 0.4) is 0 Å². The van der Waals surface area contributed by atoms with E-state index in [2.05, 4.69) is 10.1 Å². The summed E-state index contributed by atoms with van der Waals surface area (Å²) in [5.74, 6) is 1.35. The van der Waals surface area contributed by atoms with E-state index in [1.807, 2.05) is 25.9 Å². The standard InChI is InChI=1S/C9H18N4O/c1-4-7(10)5-9-11-8(12-14-9)6-13(2)3/h7H,4-6,10H2,1-3H3. The lowest BCUT2D eigenvalue weighted by Gasteiger charge is -2.04. The van der Waals surface area contributed by atoms with E-state index in [4.69, 9.17) is 10.3 Å². The van der Waals surface area contributed by atoms with E-state index in [0.29, 0.717) is 24.7 Å². The molecule has 1 unspecified atom stereocenters. The molecule has 0 aliphatic carbocycles. The zero-order chi connectivity index (χ0) is 10.6. The van der Waals surface area contributed by atoms with Crippen LogP contribution in [-0.2, 0) is 13.0 Å². The van der Waals surface area contributed by atoms with E-state index in [0.717, 1.165) is 6.42 Å². The summed E-state index contributed by atoms with van der Waals surface area (Å²) in [6.45, 7) is 2.74. The van der Waals surface area contributed by atoms with Crippen molar-refractivity contribution in [3.63, 3.8) is 0 Å². The first-order chi connectivity index (χ1) is 6.61. The van der Waals surface area contributed by atoms with E-state index in [9.17, 15) is 0 Å². The molecule has 14 heavy (non-hydrogen) atoms. The minimum atomic E-state index is 0.114. The van der Waals surface area contributed by atoms with E-state index in [1.165, 1.54) is 0 Å². The van der Waals surface area contributed by atoms with Crippen molar-refractivity contribution in [1.29, 1.82) is 0 Å². The Bertz CT molecular complexity index is 272. The summed E-state index contributed by atoms with van der Waals surface area (Å²) in [4.78, 5) is 6.23. The molecular weight excluding hydrogens is 180 g/mol. The molecule has 5 heteroatoms. The fourth-order valence-corrected chi connectivity index (χ4v) is 1.09. The molecule has 0 radical (unpaired) electrons. The van der Waals surface area contributed by atoms with Gasteiger partial charge in [0, 0.05) is 12.5 Å². The van der Waals surface area contributed by atoms with E-state index >= 15 is 0 Å². The molecule has 0 bridgehead atoms. The molecule has 80 valence electrons. The summed E-state index contributed by atoms with van der Waals surface area (Å²) in [6, 6.07) is 0.114. The van der Waals surface area contributed by atoms with Gasteiger partial charge in [-0.05, 0) is 20.5 Å². The maximum atomic E-state index is 5.78. The monoisotopic (exact) mass is 198 g/mol. The smallest absolute Gasteiger partial charge is 0.228 e. The number of rotatable bonds is 5. The molecule has 1 heterocycles. The molecule has 0 aromatic carbocycles. The van der Waals surface area contributed by atoms with Crippen molar-refractivity contribution < 1.29 is 4.52 Å². The zero-order valence-corrected chi connectivity index (χ0v) is 9.03. The molecule has 0 fully saturated rings. The number of hydrogen-bond acceptors (Lipinski definition) is 5. The van der Waals surface area contributed by atoms with Gasteiger partial charge in [0.2, 0.25) is 5.89 Å². The molecule has 0 spiro atoms. The van der Waals surface area contributed by atoms with Crippen LogP contribution in [0, 0.1) is 0 Å². The Morgan fingerprint density at radius 1 is 1.50 bits per heavy atom. The second kappa shape index (κ2) is 5.07. The number of nitrogens with two attached hydrogens (primary N) is 1. The first kappa shape index (κ1) is 11.1. The quantitative estimate of drug-likeness (QED) is 0.742. The van der Waals surface area contributed by atoms with E-state index < -0.39 is 0 Å². The summed E-state index contributed by atoms with van der Waals surface area (Å²) in [5.41, 5.74) is 5.78. The van der Waals surface area contributed by atoms with Crippen LogP contribution in [0.2, 0.25) is 0 Å². The molecule has 1 atom stereocenters. The summed E-state index contributed by atoms with van der Waals surface area (Å²) in [6.07, 6.45) is 1.59. The van der Waals surface area contributed by atoms with Crippen LogP contribution in [-0.4, -0.2) is 35.2 Å². The number of hydrogen-bond donors (Lipinski definition) is 1. The van der Waals surface area contributed by atoms with Crippen molar-refractivity contribution in [2.45, 2.75) is 32.4 Å². The molecule has 1 rings (SSSR count). The van der Waals surface area contributed by atoms with Crippen LogP contribution in [0.25, 0.3) is 0 Å². The lowest BCUT2D eigenvalue weighted by atomic mass is 10.2. The molecule has 0 saturated carbocycles. The van der Waals surface area contributed by atoms with Gasteiger partial charge in [-0.15, -0.1) is 0 Å². The SMILES string of the molecule is CCC(N)Cc1nc(CN(C)C)no1. The van der Waals surface area contributed by atoms with Gasteiger partial charge in [-0.3, -0.25) is 0 Å². The van der Waals surface area contributed by atoms with Gasteiger partial charge in [0.15, 0.2) is 5.82 Å². The van der Waals surface area contributed by atoms with Gasteiger partial charge in [-0.1, -0.05) is 12.1 Å². The fourth-order valence-electron chi connectivity index (χ4n) is 1.09. The van der Waals surface area contributed by atoms with Gasteiger partial charge in [0.1, 0.15) is 0 Å². The molecule has 0 saturated heterocycles. The third-order valence-electron chi connectivity index (χ3n) is 1.93. The Kier molecular flexibility index (Phi) is 4.03. The van der Waals surface area contributed by atoms with Gasteiger partial charge in [0.05, 0.1) is 6.54 Å². The Hall–Kier alpha value is -0.940. The Labute approximate surface area is 84.3 Å². The lowest BCUT2D eigenvalue weighted by molar-refractivity contribution is 0.344. The van der Waals surface area contributed by atoms with E-state index in [-0.39, 0.29) is 6.04 Å². The lowest BCUT2D eigenvalue weighted by Crippen LogP contribution is -2.21. The van der Waals surface area contributed by atoms with Crippen LogP contribution < -0.4 is 5.73 Å². The predicted octanol–water partition coefficient (Wildman–Crippen LogP) is 0.411. The summed E-state index contributed by atoms with van der Waals surface area (Å²) in [5, 5.41) is 3.86. The van der Waals surface area contributed by atoms with Gasteiger partial charge < -0.3 is 15.2 Å². The van der Waals surface area contributed by atoms with Crippen LogP contribution >= 0.6 is 0 Å². The molecule has 0 aliphatic heterocycles. The third-order valence-corrected chi connectivity index (χ3v) is 1.93. The van der Waals surface area contributed by atoms with Crippen LogP contribution in [0.15, 0.2) is 4.52 Å². The summed E-state index contributed by atoms with van der Waals surface area (Å²) < 4.78 is 5.07. The van der Waals surface area contributed by atoms with Crippen molar-refractivity contribution in [3.8, 4) is 0 Å². The maximum absolute atomic E-state index is 5.78. The number of aromatic nitrogens is 2. The topological polar surface area (TPSA) is 68.2 Å². The first-order valence-electron chi connectivity index (χ1n) is 4.83. The molecule has 1 aromatic rings. The third kappa shape index (κ3) is 3.43.